The molecule has 3 aliphatic rings. The molecule has 0 spiro atoms. The van der Waals surface area contributed by atoms with Crippen LogP contribution in [0.1, 0.15) is 204 Å². The van der Waals surface area contributed by atoms with Crippen LogP contribution in [0.5, 0.6) is 5.75 Å². The topological polar surface area (TPSA) is 22.2 Å². The first kappa shape index (κ1) is 66.2. The Bertz CT molecular complexity index is 1990. The molecular formula is C70H120N4OS. The Morgan fingerprint density at radius 1 is 0.408 bits per heavy atom. The van der Waals surface area contributed by atoms with Crippen LogP contribution in [-0.2, 0) is 32.4 Å². The molecule has 0 radical (unpaired) electrons. The minimum absolute atomic E-state index is 0.337. The van der Waals surface area contributed by atoms with Gasteiger partial charge in [0.2, 0.25) is 0 Å². The highest BCUT2D eigenvalue weighted by Crippen LogP contribution is 2.30. The Balaban J connectivity index is 0.000000247. The van der Waals surface area contributed by atoms with Crippen molar-refractivity contribution in [3.8, 4) is 5.75 Å². The molecule has 3 fully saturated rings. The highest BCUT2D eigenvalue weighted by atomic mass is 32.2. The summed E-state index contributed by atoms with van der Waals surface area (Å²) in [4.78, 5) is 10.6. The first-order valence-electron chi connectivity index (χ1n) is 30.7. The van der Waals surface area contributed by atoms with E-state index in [1.807, 2.05) is 0 Å². The SMILES string of the molecule is CC(C)(C)CCCN1CCC(CCOc2ccc(CC(C)(C)C)cc2)CC1.CC(C)(C)CCCN1CCN(Cc2ccc(CC(C)(C)C)cc2)CC1.CC(C)(C)CSCC1CCN(Cc2ccc(CC(C)(C)C)cc2)C1. The zero-order chi connectivity index (χ0) is 56.2. The molecule has 3 aromatic rings. The largest absolute Gasteiger partial charge is 0.494 e. The summed E-state index contributed by atoms with van der Waals surface area (Å²) in [5, 5.41) is 0. The third kappa shape index (κ3) is 31.4. The molecule has 3 aromatic carbocycles. The molecule has 0 aliphatic carbocycles. The number of thioether (sulfide) groups is 1. The van der Waals surface area contributed by atoms with Crippen LogP contribution in [-0.4, -0.2) is 103 Å². The van der Waals surface area contributed by atoms with E-state index in [-0.39, 0.29) is 0 Å². The standard InChI is InChI=1S/C25H43NO.C23H40N2.C22H37NS/c1-24(2,3)15-7-16-26-17-12-21(13-18-26)14-19-27-23-10-8-22(9-11-23)20-25(4,5)6;1-22(2,3)12-7-13-24-14-16-25(17-15-24)19-21-10-8-20(9-11-21)18-23(4,5)6;1-21(2,3)13-18-7-9-19(10-8-18)14-23-12-11-20(15-23)16-24-17-22(4,5)6/h8-11,21H,7,12-20H2,1-6H3;8-11H,7,12-19H2,1-6H3;7-10,20H,11-17H2,1-6H3. The molecule has 3 heterocycles. The average Bonchev–Trinajstić information content (AvgIpc) is 3.74. The molecule has 76 heavy (non-hydrogen) atoms. The number of hydrogen-bond donors (Lipinski definition) is 0. The highest BCUT2D eigenvalue weighted by molar-refractivity contribution is 7.99. The Kier molecular flexibility index (Phi) is 27.0. The van der Waals surface area contributed by atoms with E-state index in [2.05, 4.69) is 229 Å². The van der Waals surface area contributed by atoms with Gasteiger partial charge in [0, 0.05) is 45.8 Å². The fraction of sp³-hybridized carbons (Fsp3) is 0.743. The van der Waals surface area contributed by atoms with E-state index in [4.69, 9.17) is 4.74 Å². The van der Waals surface area contributed by atoms with E-state index in [0.29, 0.717) is 32.5 Å². The van der Waals surface area contributed by atoms with Gasteiger partial charge >= 0.3 is 0 Å². The fourth-order valence-corrected chi connectivity index (χ4v) is 12.3. The van der Waals surface area contributed by atoms with Gasteiger partial charge in [0.1, 0.15) is 5.75 Å². The molecule has 3 aliphatic heterocycles. The number of piperazine rings is 1. The second-order valence-corrected chi connectivity index (χ2v) is 32.4. The van der Waals surface area contributed by atoms with E-state index >= 15 is 0 Å². The molecule has 3 saturated heterocycles. The molecule has 6 rings (SSSR count). The number of rotatable bonds is 20. The Morgan fingerprint density at radius 2 is 0.776 bits per heavy atom. The van der Waals surface area contributed by atoms with Crippen molar-refractivity contribution in [1.82, 2.24) is 19.6 Å². The molecule has 0 N–H and O–H groups in total. The van der Waals surface area contributed by atoms with E-state index in [0.717, 1.165) is 56.5 Å². The first-order chi connectivity index (χ1) is 35.3. The van der Waals surface area contributed by atoms with E-state index in [1.54, 1.807) is 0 Å². The maximum absolute atomic E-state index is 6.01. The van der Waals surface area contributed by atoms with Gasteiger partial charge in [-0.3, -0.25) is 9.80 Å². The summed E-state index contributed by atoms with van der Waals surface area (Å²) in [6.45, 7) is 57.4. The molecule has 1 unspecified atom stereocenters. The van der Waals surface area contributed by atoms with E-state index in [1.165, 1.54) is 156 Å². The molecule has 432 valence electrons. The Morgan fingerprint density at radius 3 is 1.20 bits per heavy atom. The predicted molar refractivity (Wildman–Crippen MR) is 337 cm³/mol. The third-order valence-electron chi connectivity index (χ3n) is 15.0. The lowest BCUT2D eigenvalue weighted by Crippen LogP contribution is -2.46. The summed E-state index contributed by atoms with van der Waals surface area (Å²) in [5.41, 5.74) is 9.72. The van der Waals surface area contributed by atoms with Crippen LogP contribution >= 0.6 is 11.8 Å². The van der Waals surface area contributed by atoms with Gasteiger partial charge in [0.05, 0.1) is 6.61 Å². The molecule has 0 amide bonds. The molecule has 1 atom stereocenters. The van der Waals surface area contributed by atoms with Crippen molar-refractivity contribution in [1.29, 1.82) is 0 Å². The minimum atomic E-state index is 0.337. The Labute approximate surface area is 476 Å². The smallest absolute Gasteiger partial charge is 0.119 e. The number of likely N-dealkylation sites (tertiary alicyclic amines) is 2. The van der Waals surface area contributed by atoms with Crippen LogP contribution in [0.15, 0.2) is 72.8 Å². The number of hydrogen-bond acceptors (Lipinski definition) is 6. The van der Waals surface area contributed by atoms with Gasteiger partial charge in [-0.1, -0.05) is 185 Å². The third-order valence-corrected chi connectivity index (χ3v) is 16.8. The number of ether oxygens (including phenoxy) is 1. The van der Waals surface area contributed by atoms with Crippen LogP contribution in [0.2, 0.25) is 0 Å². The van der Waals surface area contributed by atoms with Gasteiger partial charge in [0.15, 0.2) is 0 Å². The zero-order valence-electron chi connectivity index (χ0n) is 53.1. The normalized spacial score (nSPS) is 18.3. The summed E-state index contributed by atoms with van der Waals surface area (Å²) in [6.07, 6.45) is 14.0. The van der Waals surface area contributed by atoms with E-state index < -0.39 is 0 Å². The second-order valence-electron chi connectivity index (χ2n) is 31.3. The Hall–Kier alpha value is -2.35. The highest BCUT2D eigenvalue weighted by Gasteiger charge is 2.25. The fourth-order valence-electron chi connectivity index (χ4n) is 11.0. The zero-order valence-corrected chi connectivity index (χ0v) is 53.9. The summed E-state index contributed by atoms with van der Waals surface area (Å²) < 4.78 is 6.01. The van der Waals surface area contributed by atoms with Crippen LogP contribution in [0.4, 0.5) is 0 Å². The lowest BCUT2D eigenvalue weighted by molar-refractivity contribution is 0.122. The van der Waals surface area contributed by atoms with Crippen molar-refractivity contribution in [2.75, 3.05) is 83.6 Å². The van der Waals surface area contributed by atoms with Gasteiger partial charge in [-0.25, -0.2) is 0 Å². The van der Waals surface area contributed by atoms with Crippen molar-refractivity contribution in [3.63, 3.8) is 0 Å². The summed E-state index contributed by atoms with van der Waals surface area (Å²) in [5.74, 6) is 5.35. The summed E-state index contributed by atoms with van der Waals surface area (Å²) in [6, 6.07) is 27.3. The van der Waals surface area contributed by atoms with Gasteiger partial charge in [-0.15, -0.1) is 0 Å². The van der Waals surface area contributed by atoms with Crippen LogP contribution in [0.25, 0.3) is 0 Å². The summed E-state index contributed by atoms with van der Waals surface area (Å²) >= 11 is 2.15. The lowest BCUT2D eigenvalue weighted by Gasteiger charge is -2.35. The molecule has 0 aromatic heterocycles. The first-order valence-corrected chi connectivity index (χ1v) is 31.8. The second kappa shape index (κ2) is 31.0. The van der Waals surface area contributed by atoms with Gasteiger partial charge in [-0.05, 0) is 199 Å². The molecule has 5 nitrogen and oxygen atoms in total. The number of piperidine rings is 1. The predicted octanol–water partition coefficient (Wildman–Crippen LogP) is 17.7. The quantitative estimate of drug-likeness (QED) is 0.112. The average molecular weight is 1070 g/mol. The molecule has 6 heteroatoms. The maximum atomic E-state index is 6.01. The van der Waals surface area contributed by atoms with Gasteiger partial charge in [0.25, 0.3) is 0 Å². The monoisotopic (exact) mass is 1060 g/mol. The van der Waals surface area contributed by atoms with E-state index in [9.17, 15) is 0 Å². The molecule has 0 saturated carbocycles. The summed E-state index contributed by atoms with van der Waals surface area (Å²) in [7, 11) is 0. The van der Waals surface area contributed by atoms with Crippen molar-refractivity contribution in [2.45, 2.75) is 208 Å². The minimum Gasteiger partial charge on any atom is -0.494 e. The molecular weight excluding hydrogens is 945 g/mol. The van der Waals surface area contributed by atoms with Crippen LogP contribution in [0, 0.1) is 44.3 Å². The maximum Gasteiger partial charge on any atom is 0.119 e. The number of nitrogens with zero attached hydrogens (tertiary/aromatic N) is 4. The van der Waals surface area contributed by atoms with Crippen molar-refractivity contribution in [3.05, 3.63) is 101 Å². The van der Waals surface area contributed by atoms with Crippen molar-refractivity contribution >= 4 is 11.8 Å². The molecule has 0 bridgehead atoms. The lowest BCUT2D eigenvalue weighted by atomic mass is 9.88. The van der Waals surface area contributed by atoms with Crippen LogP contribution in [0.3, 0.4) is 0 Å². The van der Waals surface area contributed by atoms with Crippen molar-refractivity contribution in [2.24, 2.45) is 44.3 Å². The van der Waals surface area contributed by atoms with Gasteiger partial charge < -0.3 is 14.5 Å². The van der Waals surface area contributed by atoms with Gasteiger partial charge in [-0.2, -0.15) is 11.8 Å². The van der Waals surface area contributed by atoms with Crippen molar-refractivity contribution < 1.29 is 4.74 Å². The number of benzene rings is 3. The van der Waals surface area contributed by atoms with Crippen LogP contribution < -0.4 is 4.74 Å².